The van der Waals surface area contributed by atoms with E-state index in [0.29, 0.717) is 11.3 Å². The molecule has 0 heterocycles. The Bertz CT molecular complexity index is 428. The molecule has 86 valence electrons. The SMILES string of the molecule is CC(=O)Cc1cc(C(O)C(=O)O)ccc1N. The minimum atomic E-state index is -1.59. The van der Waals surface area contributed by atoms with E-state index in [-0.39, 0.29) is 17.8 Å². The number of rotatable bonds is 4. The normalized spacial score (nSPS) is 12.1. The Morgan fingerprint density at radius 3 is 2.56 bits per heavy atom. The predicted molar refractivity (Wildman–Crippen MR) is 57.8 cm³/mol. The molecule has 1 unspecified atom stereocenters. The molecule has 0 fully saturated rings. The molecule has 0 aliphatic carbocycles. The summed E-state index contributed by atoms with van der Waals surface area (Å²) in [5, 5.41) is 18.0. The van der Waals surface area contributed by atoms with E-state index in [4.69, 9.17) is 10.8 Å². The van der Waals surface area contributed by atoms with Crippen LogP contribution in [0, 0.1) is 0 Å². The fourth-order valence-electron chi connectivity index (χ4n) is 1.36. The third kappa shape index (κ3) is 2.80. The number of hydrogen-bond donors (Lipinski definition) is 3. The Labute approximate surface area is 92.5 Å². The molecule has 0 radical (unpaired) electrons. The van der Waals surface area contributed by atoms with Gasteiger partial charge < -0.3 is 15.9 Å². The monoisotopic (exact) mass is 223 g/mol. The lowest BCUT2D eigenvalue weighted by molar-refractivity contribution is -0.146. The van der Waals surface area contributed by atoms with Crippen molar-refractivity contribution in [2.75, 3.05) is 5.73 Å². The Hall–Kier alpha value is -1.88. The molecule has 1 atom stereocenters. The summed E-state index contributed by atoms with van der Waals surface area (Å²) in [7, 11) is 0. The van der Waals surface area contributed by atoms with Crippen LogP contribution in [0.2, 0.25) is 0 Å². The highest BCUT2D eigenvalue weighted by Gasteiger charge is 2.17. The van der Waals surface area contributed by atoms with Crippen molar-refractivity contribution < 1.29 is 19.8 Å². The zero-order valence-corrected chi connectivity index (χ0v) is 8.80. The number of carbonyl (C=O) groups is 2. The maximum absolute atomic E-state index is 10.9. The molecule has 0 aromatic heterocycles. The van der Waals surface area contributed by atoms with Gasteiger partial charge in [-0.25, -0.2) is 4.79 Å². The zero-order valence-electron chi connectivity index (χ0n) is 8.80. The molecule has 0 amide bonds. The van der Waals surface area contributed by atoms with Gasteiger partial charge in [0.15, 0.2) is 6.10 Å². The summed E-state index contributed by atoms with van der Waals surface area (Å²) in [5.74, 6) is -1.41. The van der Waals surface area contributed by atoms with E-state index in [0.717, 1.165) is 0 Å². The lowest BCUT2D eigenvalue weighted by atomic mass is 10.0. The molecule has 5 heteroatoms. The fourth-order valence-corrected chi connectivity index (χ4v) is 1.36. The highest BCUT2D eigenvalue weighted by Crippen LogP contribution is 2.20. The van der Waals surface area contributed by atoms with Crippen LogP contribution in [-0.2, 0) is 16.0 Å². The third-order valence-corrected chi connectivity index (χ3v) is 2.16. The number of carbonyl (C=O) groups excluding carboxylic acids is 1. The minimum absolute atomic E-state index is 0.0753. The van der Waals surface area contributed by atoms with Crippen molar-refractivity contribution in [3.8, 4) is 0 Å². The van der Waals surface area contributed by atoms with Crippen LogP contribution in [0.5, 0.6) is 0 Å². The van der Waals surface area contributed by atoms with Gasteiger partial charge in [0, 0.05) is 12.1 Å². The van der Waals surface area contributed by atoms with Crippen LogP contribution >= 0.6 is 0 Å². The van der Waals surface area contributed by atoms with Crippen molar-refractivity contribution in [2.24, 2.45) is 0 Å². The van der Waals surface area contributed by atoms with Gasteiger partial charge in [0.05, 0.1) is 0 Å². The standard InChI is InChI=1S/C11H13NO4/c1-6(13)4-8-5-7(2-3-9(8)12)10(14)11(15)16/h2-3,5,10,14H,4,12H2,1H3,(H,15,16). The van der Waals surface area contributed by atoms with E-state index >= 15 is 0 Å². The summed E-state index contributed by atoms with van der Waals surface area (Å²) in [4.78, 5) is 21.5. The highest BCUT2D eigenvalue weighted by atomic mass is 16.4. The average molecular weight is 223 g/mol. The van der Waals surface area contributed by atoms with Gasteiger partial charge in [0.1, 0.15) is 5.78 Å². The van der Waals surface area contributed by atoms with Gasteiger partial charge in [0.2, 0.25) is 0 Å². The predicted octanol–water partition coefficient (Wildman–Crippen LogP) is 0.518. The van der Waals surface area contributed by atoms with Crippen molar-refractivity contribution in [3.63, 3.8) is 0 Å². The first-order valence-electron chi connectivity index (χ1n) is 4.70. The van der Waals surface area contributed by atoms with Crippen molar-refractivity contribution in [1.82, 2.24) is 0 Å². The Morgan fingerprint density at radius 2 is 2.06 bits per heavy atom. The van der Waals surface area contributed by atoms with Crippen LogP contribution in [0.4, 0.5) is 5.69 Å². The summed E-state index contributed by atoms with van der Waals surface area (Å²) >= 11 is 0. The lowest BCUT2D eigenvalue weighted by Gasteiger charge is -2.09. The van der Waals surface area contributed by atoms with Crippen LogP contribution in [0.15, 0.2) is 18.2 Å². The summed E-state index contributed by atoms with van der Waals surface area (Å²) in [6, 6.07) is 4.35. The number of nitrogens with two attached hydrogens (primary N) is 1. The molecule has 0 bridgehead atoms. The van der Waals surface area contributed by atoms with Crippen molar-refractivity contribution >= 4 is 17.4 Å². The van der Waals surface area contributed by atoms with E-state index in [2.05, 4.69) is 0 Å². The fraction of sp³-hybridized carbons (Fsp3) is 0.273. The van der Waals surface area contributed by atoms with E-state index in [1.54, 1.807) is 0 Å². The van der Waals surface area contributed by atoms with Gasteiger partial charge in [-0.2, -0.15) is 0 Å². The Balaban J connectivity index is 3.06. The molecular formula is C11H13NO4. The summed E-state index contributed by atoms with van der Waals surface area (Å²) in [6.07, 6.45) is -1.46. The smallest absolute Gasteiger partial charge is 0.337 e. The number of hydrogen-bond acceptors (Lipinski definition) is 4. The number of nitrogen functional groups attached to an aromatic ring is 1. The van der Waals surface area contributed by atoms with Gasteiger partial charge in [0.25, 0.3) is 0 Å². The zero-order chi connectivity index (χ0) is 12.3. The topological polar surface area (TPSA) is 101 Å². The first kappa shape index (κ1) is 12.2. The van der Waals surface area contributed by atoms with Crippen molar-refractivity contribution in [3.05, 3.63) is 29.3 Å². The molecule has 5 nitrogen and oxygen atoms in total. The summed E-state index contributed by atoms with van der Waals surface area (Å²) in [6.45, 7) is 1.42. The van der Waals surface area contributed by atoms with Gasteiger partial charge in [-0.05, 0) is 24.1 Å². The second kappa shape index (κ2) is 4.76. The van der Waals surface area contributed by atoms with E-state index in [1.165, 1.54) is 25.1 Å². The molecule has 0 spiro atoms. The quantitative estimate of drug-likeness (QED) is 0.646. The number of anilines is 1. The first-order valence-corrected chi connectivity index (χ1v) is 4.70. The molecule has 1 aromatic carbocycles. The molecule has 4 N–H and O–H groups in total. The second-order valence-corrected chi connectivity index (χ2v) is 3.58. The molecule has 16 heavy (non-hydrogen) atoms. The number of Topliss-reactive ketones (excluding diaryl/α,β-unsaturated/α-hetero) is 1. The Morgan fingerprint density at radius 1 is 1.44 bits per heavy atom. The van der Waals surface area contributed by atoms with Gasteiger partial charge in [-0.1, -0.05) is 12.1 Å². The first-order chi connectivity index (χ1) is 7.41. The number of aliphatic carboxylic acids is 1. The number of ketones is 1. The van der Waals surface area contributed by atoms with Crippen molar-refractivity contribution in [2.45, 2.75) is 19.4 Å². The van der Waals surface area contributed by atoms with Crippen LogP contribution in [-0.4, -0.2) is 22.0 Å². The maximum atomic E-state index is 10.9. The van der Waals surface area contributed by atoms with Gasteiger partial charge in [-0.3, -0.25) is 4.79 Å². The number of carboxylic acids is 1. The van der Waals surface area contributed by atoms with Crippen LogP contribution in [0.3, 0.4) is 0 Å². The van der Waals surface area contributed by atoms with Gasteiger partial charge in [-0.15, -0.1) is 0 Å². The number of benzene rings is 1. The van der Waals surface area contributed by atoms with E-state index < -0.39 is 12.1 Å². The van der Waals surface area contributed by atoms with Crippen LogP contribution in [0.1, 0.15) is 24.2 Å². The number of carboxylic acid groups (broad SMARTS) is 1. The summed E-state index contributed by atoms with van der Waals surface area (Å²) < 4.78 is 0. The number of aliphatic hydroxyl groups excluding tert-OH is 1. The molecule has 0 saturated heterocycles. The van der Waals surface area contributed by atoms with E-state index in [9.17, 15) is 14.7 Å². The number of aliphatic hydroxyl groups is 1. The minimum Gasteiger partial charge on any atom is -0.479 e. The largest absolute Gasteiger partial charge is 0.479 e. The van der Waals surface area contributed by atoms with Crippen molar-refractivity contribution in [1.29, 1.82) is 0 Å². The average Bonchev–Trinajstić information content (AvgIpc) is 2.19. The molecule has 0 aliphatic rings. The summed E-state index contributed by atoms with van der Waals surface area (Å²) in [5.41, 5.74) is 6.80. The van der Waals surface area contributed by atoms with E-state index in [1.807, 2.05) is 0 Å². The Kier molecular flexibility index (Phi) is 3.63. The van der Waals surface area contributed by atoms with Crippen LogP contribution < -0.4 is 5.73 Å². The molecule has 0 saturated carbocycles. The lowest BCUT2D eigenvalue weighted by Crippen LogP contribution is -2.11. The maximum Gasteiger partial charge on any atom is 0.337 e. The molecule has 1 aromatic rings. The third-order valence-electron chi connectivity index (χ3n) is 2.16. The molecule has 0 aliphatic heterocycles. The van der Waals surface area contributed by atoms with Gasteiger partial charge >= 0.3 is 5.97 Å². The molecular weight excluding hydrogens is 210 g/mol. The molecule has 1 rings (SSSR count). The second-order valence-electron chi connectivity index (χ2n) is 3.58. The van der Waals surface area contributed by atoms with Crippen LogP contribution in [0.25, 0.3) is 0 Å². The highest BCUT2D eigenvalue weighted by molar-refractivity contribution is 5.80.